The molecule has 1 fully saturated rings. The molecule has 130 valence electrons. The molecule has 1 aromatic heterocycles. The third-order valence-corrected chi connectivity index (χ3v) is 4.33. The Morgan fingerprint density at radius 3 is 2.83 bits per heavy atom. The van der Waals surface area contributed by atoms with Gasteiger partial charge in [-0.25, -0.2) is 0 Å². The number of carbonyl (C=O) groups excluding carboxylic acids is 2. The van der Waals surface area contributed by atoms with Gasteiger partial charge in [-0.1, -0.05) is 18.2 Å². The maximum atomic E-state index is 12.5. The van der Waals surface area contributed by atoms with E-state index in [1.165, 1.54) is 0 Å². The third-order valence-electron chi connectivity index (χ3n) is 4.33. The minimum absolute atomic E-state index is 0. The molecule has 2 heterocycles. The van der Waals surface area contributed by atoms with Gasteiger partial charge in [0.2, 0.25) is 5.91 Å². The Morgan fingerprint density at radius 2 is 2.12 bits per heavy atom. The molecule has 0 bridgehead atoms. The second-order valence-electron chi connectivity index (χ2n) is 5.91. The Hall–Kier alpha value is -2.12. The van der Waals surface area contributed by atoms with E-state index >= 15 is 0 Å². The zero-order valence-corrected chi connectivity index (χ0v) is 14.5. The van der Waals surface area contributed by atoms with Gasteiger partial charge in [0.1, 0.15) is 6.04 Å². The highest BCUT2D eigenvalue weighted by atomic mass is 35.5. The number of hydrogen-bond acceptors (Lipinski definition) is 4. The molecule has 1 aliphatic rings. The number of fused-ring (bicyclic) bond motifs is 1. The molecular weight excluding hydrogens is 330 g/mol. The normalized spacial score (nSPS) is 18.0. The van der Waals surface area contributed by atoms with Crippen LogP contribution in [0, 0.1) is 0 Å². The summed E-state index contributed by atoms with van der Waals surface area (Å²) in [5.41, 5.74) is 1.11. The molecular formula is C16H22ClN5O2. The molecule has 1 saturated heterocycles. The monoisotopic (exact) mass is 351 g/mol. The van der Waals surface area contributed by atoms with E-state index in [1.807, 2.05) is 24.3 Å². The molecule has 24 heavy (non-hydrogen) atoms. The minimum atomic E-state index is -0.594. The van der Waals surface area contributed by atoms with Crippen molar-refractivity contribution in [3.05, 3.63) is 30.0 Å². The van der Waals surface area contributed by atoms with Gasteiger partial charge in [-0.05, 0) is 26.0 Å². The Bertz CT molecular complexity index is 726. The third kappa shape index (κ3) is 3.52. The van der Waals surface area contributed by atoms with Crippen molar-refractivity contribution < 1.29 is 9.59 Å². The Morgan fingerprint density at radius 1 is 1.38 bits per heavy atom. The summed E-state index contributed by atoms with van der Waals surface area (Å²) in [5, 5.41) is 13.6. The van der Waals surface area contributed by atoms with Crippen LogP contribution in [-0.2, 0) is 4.79 Å². The van der Waals surface area contributed by atoms with Crippen molar-refractivity contribution in [3.8, 4) is 0 Å². The molecule has 0 saturated carbocycles. The molecule has 1 aromatic carbocycles. The average molecular weight is 352 g/mol. The number of para-hydroxylation sites is 1. The minimum Gasteiger partial charge on any atom is -0.340 e. The van der Waals surface area contributed by atoms with Gasteiger partial charge in [0, 0.05) is 25.0 Å². The Kier molecular flexibility index (Phi) is 5.80. The van der Waals surface area contributed by atoms with Crippen LogP contribution in [0.15, 0.2) is 24.3 Å². The predicted octanol–water partition coefficient (Wildman–Crippen LogP) is 0.923. The van der Waals surface area contributed by atoms with E-state index in [2.05, 4.69) is 20.8 Å². The van der Waals surface area contributed by atoms with Crippen LogP contribution in [0.5, 0.6) is 0 Å². The molecule has 3 rings (SSSR count). The van der Waals surface area contributed by atoms with Crippen LogP contribution in [0.3, 0.4) is 0 Å². The lowest BCUT2D eigenvalue weighted by Crippen LogP contribution is -2.49. The van der Waals surface area contributed by atoms with Crippen molar-refractivity contribution in [2.24, 2.45) is 0 Å². The van der Waals surface area contributed by atoms with Crippen molar-refractivity contribution in [1.82, 2.24) is 25.7 Å². The molecule has 2 amide bonds. The standard InChI is InChI=1S/C16H21N5O2.ClH/c1-10(16(23)21(2)11-7-8-17-9-11)18-15(22)14-12-5-3-4-6-13(12)19-20-14;/h3-6,10-11,17H,7-9H2,1-2H3,(H,18,22)(H,19,20);1H. The highest BCUT2D eigenvalue weighted by molar-refractivity contribution is 6.05. The van der Waals surface area contributed by atoms with Crippen molar-refractivity contribution in [2.45, 2.75) is 25.4 Å². The number of rotatable bonds is 4. The molecule has 0 spiro atoms. The van der Waals surface area contributed by atoms with Crippen LogP contribution < -0.4 is 10.6 Å². The highest BCUT2D eigenvalue weighted by Crippen LogP contribution is 2.15. The summed E-state index contributed by atoms with van der Waals surface area (Å²) in [5.74, 6) is -0.437. The summed E-state index contributed by atoms with van der Waals surface area (Å²) < 4.78 is 0. The van der Waals surface area contributed by atoms with E-state index in [9.17, 15) is 9.59 Å². The first kappa shape index (κ1) is 18.2. The first-order valence-corrected chi connectivity index (χ1v) is 7.79. The number of aromatic nitrogens is 2. The smallest absolute Gasteiger partial charge is 0.273 e. The maximum absolute atomic E-state index is 12.5. The molecule has 8 heteroatoms. The van der Waals surface area contributed by atoms with Crippen molar-refractivity contribution in [2.75, 3.05) is 20.1 Å². The van der Waals surface area contributed by atoms with E-state index in [4.69, 9.17) is 0 Å². The van der Waals surface area contributed by atoms with Gasteiger partial charge in [-0.15, -0.1) is 12.4 Å². The van der Waals surface area contributed by atoms with Crippen LogP contribution in [-0.4, -0.2) is 59.1 Å². The highest BCUT2D eigenvalue weighted by Gasteiger charge is 2.28. The van der Waals surface area contributed by atoms with E-state index in [0.29, 0.717) is 5.69 Å². The molecule has 3 N–H and O–H groups in total. The van der Waals surface area contributed by atoms with E-state index < -0.39 is 6.04 Å². The number of nitrogens with zero attached hydrogens (tertiary/aromatic N) is 2. The Labute approximate surface area is 146 Å². The van der Waals surface area contributed by atoms with Gasteiger partial charge in [-0.2, -0.15) is 5.10 Å². The number of benzene rings is 1. The lowest BCUT2D eigenvalue weighted by atomic mass is 10.1. The summed E-state index contributed by atoms with van der Waals surface area (Å²) in [6.07, 6.45) is 0.937. The summed E-state index contributed by atoms with van der Waals surface area (Å²) in [6.45, 7) is 3.42. The molecule has 0 aliphatic carbocycles. The fourth-order valence-electron chi connectivity index (χ4n) is 2.92. The number of carbonyl (C=O) groups is 2. The average Bonchev–Trinajstić information content (AvgIpc) is 3.22. The molecule has 7 nitrogen and oxygen atoms in total. The van der Waals surface area contributed by atoms with Gasteiger partial charge in [-0.3, -0.25) is 14.7 Å². The number of H-pyrrole nitrogens is 1. The largest absolute Gasteiger partial charge is 0.340 e. The van der Waals surface area contributed by atoms with Crippen LogP contribution >= 0.6 is 12.4 Å². The number of halogens is 1. The molecule has 2 unspecified atom stereocenters. The molecule has 2 atom stereocenters. The van der Waals surface area contributed by atoms with Crippen molar-refractivity contribution in [3.63, 3.8) is 0 Å². The topological polar surface area (TPSA) is 90.1 Å². The first-order valence-electron chi connectivity index (χ1n) is 7.79. The summed E-state index contributed by atoms with van der Waals surface area (Å²) >= 11 is 0. The number of nitrogens with one attached hydrogen (secondary N) is 3. The van der Waals surface area contributed by atoms with Gasteiger partial charge < -0.3 is 15.5 Å². The molecule has 1 aliphatic heterocycles. The Balaban J connectivity index is 0.00000208. The fourth-order valence-corrected chi connectivity index (χ4v) is 2.92. The fraction of sp³-hybridized carbons (Fsp3) is 0.438. The van der Waals surface area contributed by atoms with Crippen molar-refractivity contribution in [1.29, 1.82) is 0 Å². The van der Waals surface area contributed by atoms with Gasteiger partial charge >= 0.3 is 0 Å². The lowest BCUT2D eigenvalue weighted by molar-refractivity contribution is -0.133. The quantitative estimate of drug-likeness (QED) is 0.764. The zero-order valence-electron chi connectivity index (χ0n) is 13.7. The summed E-state index contributed by atoms with van der Waals surface area (Å²) in [4.78, 5) is 26.6. The zero-order chi connectivity index (χ0) is 16.4. The van der Waals surface area contributed by atoms with Gasteiger partial charge in [0.15, 0.2) is 5.69 Å². The van der Waals surface area contributed by atoms with E-state index in [0.717, 1.165) is 30.4 Å². The molecule has 0 radical (unpaired) electrons. The van der Waals surface area contributed by atoms with Crippen LogP contribution in [0.1, 0.15) is 23.8 Å². The molecule has 2 aromatic rings. The second-order valence-corrected chi connectivity index (χ2v) is 5.91. The maximum Gasteiger partial charge on any atom is 0.273 e. The van der Waals surface area contributed by atoms with Crippen LogP contribution in [0.25, 0.3) is 10.9 Å². The number of aromatic amines is 1. The summed E-state index contributed by atoms with van der Waals surface area (Å²) in [6, 6.07) is 7.00. The number of likely N-dealkylation sites (N-methyl/N-ethyl adjacent to an activating group) is 1. The SMILES string of the molecule is CC(NC(=O)c1n[nH]c2ccccc12)C(=O)N(C)C1CCNC1.Cl. The first-order chi connectivity index (χ1) is 11.1. The van der Waals surface area contributed by atoms with E-state index in [1.54, 1.807) is 18.9 Å². The van der Waals surface area contributed by atoms with Crippen molar-refractivity contribution >= 4 is 35.1 Å². The number of amides is 2. The van der Waals surface area contributed by atoms with E-state index in [-0.39, 0.29) is 30.3 Å². The van der Waals surface area contributed by atoms with Crippen LogP contribution in [0.2, 0.25) is 0 Å². The lowest BCUT2D eigenvalue weighted by Gasteiger charge is -2.27. The van der Waals surface area contributed by atoms with Crippen LogP contribution in [0.4, 0.5) is 0 Å². The van der Waals surface area contributed by atoms with Gasteiger partial charge in [0.05, 0.1) is 5.52 Å². The van der Waals surface area contributed by atoms with Gasteiger partial charge in [0.25, 0.3) is 5.91 Å². The predicted molar refractivity (Wildman–Crippen MR) is 94.3 cm³/mol. The second kappa shape index (κ2) is 7.63. The number of hydrogen-bond donors (Lipinski definition) is 3. The summed E-state index contributed by atoms with van der Waals surface area (Å²) in [7, 11) is 1.78.